The summed E-state index contributed by atoms with van der Waals surface area (Å²) in [6.45, 7) is 6.55. The molecule has 1 atom stereocenters. The van der Waals surface area contributed by atoms with Crippen molar-refractivity contribution in [2.24, 2.45) is 0 Å². The lowest BCUT2D eigenvalue weighted by molar-refractivity contribution is 0.178. The van der Waals surface area contributed by atoms with Gasteiger partial charge < -0.3 is 5.11 Å². The molecule has 2 rings (SSSR count). The first-order chi connectivity index (χ1) is 9.36. The van der Waals surface area contributed by atoms with Gasteiger partial charge >= 0.3 is 0 Å². The molecule has 1 N–H and O–H groups in total. The van der Waals surface area contributed by atoms with Gasteiger partial charge in [-0.15, -0.1) is 0 Å². The standard InChI is InChI=1S/C18H21ClO/c1-18(2,3)15-9-7-14(8-10-15)17(20)12-13-5-4-6-16(19)11-13/h4-11,17,20H,12H2,1-3H3. The molecule has 0 aliphatic rings. The van der Waals surface area contributed by atoms with Gasteiger partial charge in [-0.2, -0.15) is 0 Å². The van der Waals surface area contributed by atoms with E-state index >= 15 is 0 Å². The Morgan fingerprint density at radius 1 is 1.05 bits per heavy atom. The molecule has 0 aromatic heterocycles. The normalized spacial score (nSPS) is 13.2. The Bertz CT molecular complexity index is 567. The zero-order valence-corrected chi connectivity index (χ0v) is 13.0. The average molecular weight is 289 g/mol. The number of aliphatic hydroxyl groups excluding tert-OH is 1. The number of aliphatic hydroxyl groups is 1. The molecule has 2 aromatic carbocycles. The van der Waals surface area contributed by atoms with Crippen molar-refractivity contribution in [2.75, 3.05) is 0 Å². The van der Waals surface area contributed by atoms with Gasteiger partial charge in [-0.1, -0.05) is 68.8 Å². The molecule has 0 aliphatic carbocycles. The van der Waals surface area contributed by atoms with Crippen LogP contribution in [0.3, 0.4) is 0 Å². The molecule has 1 nitrogen and oxygen atoms in total. The Morgan fingerprint density at radius 2 is 1.70 bits per heavy atom. The van der Waals surface area contributed by atoms with Gasteiger partial charge in [0.2, 0.25) is 0 Å². The Hall–Kier alpha value is -1.31. The number of benzene rings is 2. The van der Waals surface area contributed by atoms with Crippen LogP contribution < -0.4 is 0 Å². The monoisotopic (exact) mass is 288 g/mol. The van der Waals surface area contributed by atoms with E-state index in [0.29, 0.717) is 11.4 Å². The first-order valence-corrected chi connectivity index (χ1v) is 7.27. The maximum atomic E-state index is 10.3. The predicted molar refractivity (Wildman–Crippen MR) is 85.3 cm³/mol. The van der Waals surface area contributed by atoms with Gasteiger partial charge in [0, 0.05) is 11.4 Å². The van der Waals surface area contributed by atoms with Gasteiger partial charge in [0.25, 0.3) is 0 Å². The van der Waals surface area contributed by atoms with Gasteiger partial charge in [0.05, 0.1) is 6.10 Å². The Kier molecular flexibility index (Phi) is 4.52. The highest BCUT2D eigenvalue weighted by atomic mass is 35.5. The van der Waals surface area contributed by atoms with Crippen molar-refractivity contribution in [3.8, 4) is 0 Å². The first-order valence-electron chi connectivity index (χ1n) is 6.89. The van der Waals surface area contributed by atoms with Crippen LogP contribution in [0.2, 0.25) is 5.02 Å². The van der Waals surface area contributed by atoms with Crippen molar-refractivity contribution in [2.45, 2.75) is 38.7 Å². The second-order valence-corrected chi connectivity index (χ2v) is 6.66. The molecule has 0 amide bonds. The van der Waals surface area contributed by atoms with Crippen LogP contribution in [0.15, 0.2) is 48.5 Å². The van der Waals surface area contributed by atoms with E-state index in [4.69, 9.17) is 11.6 Å². The van der Waals surface area contributed by atoms with Gasteiger partial charge in [-0.3, -0.25) is 0 Å². The average Bonchev–Trinajstić information content (AvgIpc) is 2.38. The van der Waals surface area contributed by atoms with Gasteiger partial charge in [0.1, 0.15) is 0 Å². The highest BCUT2D eigenvalue weighted by Crippen LogP contribution is 2.25. The molecule has 106 valence electrons. The third-order valence-electron chi connectivity index (χ3n) is 3.48. The molecule has 0 spiro atoms. The van der Waals surface area contributed by atoms with E-state index in [1.807, 2.05) is 36.4 Å². The highest BCUT2D eigenvalue weighted by Gasteiger charge is 2.14. The second-order valence-electron chi connectivity index (χ2n) is 6.22. The molecule has 2 aromatic rings. The molecule has 0 heterocycles. The Balaban J connectivity index is 2.11. The molecule has 0 fully saturated rings. The second kappa shape index (κ2) is 5.99. The van der Waals surface area contributed by atoms with E-state index in [2.05, 4.69) is 32.9 Å². The highest BCUT2D eigenvalue weighted by molar-refractivity contribution is 6.30. The fourth-order valence-corrected chi connectivity index (χ4v) is 2.42. The van der Waals surface area contributed by atoms with Crippen LogP contribution in [0.25, 0.3) is 0 Å². The maximum absolute atomic E-state index is 10.3. The quantitative estimate of drug-likeness (QED) is 0.850. The van der Waals surface area contributed by atoms with E-state index in [9.17, 15) is 5.11 Å². The molecule has 1 unspecified atom stereocenters. The van der Waals surface area contributed by atoms with E-state index in [0.717, 1.165) is 11.1 Å². The van der Waals surface area contributed by atoms with Gasteiger partial charge in [-0.25, -0.2) is 0 Å². The lowest BCUT2D eigenvalue weighted by Gasteiger charge is -2.20. The summed E-state index contributed by atoms with van der Waals surface area (Å²) in [5, 5.41) is 11.0. The van der Waals surface area contributed by atoms with Crippen LogP contribution in [0.4, 0.5) is 0 Å². The Morgan fingerprint density at radius 3 is 2.25 bits per heavy atom. The fourth-order valence-electron chi connectivity index (χ4n) is 2.21. The molecule has 0 saturated carbocycles. The third kappa shape index (κ3) is 3.84. The predicted octanol–water partition coefficient (Wildman–Crippen LogP) is 4.91. The number of halogens is 1. The van der Waals surface area contributed by atoms with Crippen LogP contribution in [0.1, 0.15) is 43.6 Å². The van der Waals surface area contributed by atoms with Crippen LogP contribution in [0.5, 0.6) is 0 Å². The Labute approximate surface area is 126 Å². The number of hydrogen-bond acceptors (Lipinski definition) is 1. The maximum Gasteiger partial charge on any atom is 0.0830 e. The van der Waals surface area contributed by atoms with E-state index in [1.165, 1.54) is 5.56 Å². The lowest BCUT2D eigenvalue weighted by atomic mass is 9.86. The number of hydrogen-bond donors (Lipinski definition) is 1. The summed E-state index contributed by atoms with van der Waals surface area (Å²) >= 11 is 5.96. The smallest absolute Gasteiger partial charge is 0.0830 e. The minimum absolute atomic E-state index is 0.135. The van der Waals surface area contributed by atoms with Crippen molar-refractivity contribution >= 4 is 11.6 Å². The summed E-state index contributed by atoms with van der Waals surface area (Å²) in [4.78, 5) is 0. The minimum atomic E-state index is -0.498. The van der Waals surface area contributed by atoms with Crippen LogP contribution >= 0.6 is 11.6 Å². The lowest BCUT2D eigenvalue weighted by Crippen LogP contribution is -2.11. The SMILES string of the molecule is CC(C)(C)c1ccc(C(O)Cc2cccc(Cl)c2)cc1. The molecule has 0 bridgehead atoms. The van der Waals surface area contributed by atoms with Crippen molar-refractivity contribution in [1.82, 2.24) is 0 Å². The van der Waals surface area contributed by atoms with Crippen molar-refractivity contribution in [3.05, 3.63) is 70.2 Å². The summed E-state index contributed by atoms with van der Waals surface area (Å²) in [6.07, 6.45) is 0.0811. The van der Waals surface area contributed by atoms with Crippen molar-refractivity contribution in [1.29, 1.82) is 0 Å². The van der Waals surface area contributed by atoms with E-state index < -0.39 is 6.10 Å². The first kappa shape index (κ1) is 15.1. The molecule has 20 heavy (non-hydrogen) atoms. The molecule has 0 radical (unpaired) electrons. The fraction of sp³-hybridized carbons (Fsp3) is 0.333. The number of rotatable bonds is 3. The molecular formula is C18H21ClO. The summed E-state index contributed by atoms with van der Waals surface area (Å²) in [7, 11) is 0. The minimum Gasteiger partial charge on any atom is -0.388 e. The van der Waals surface area contributed by atoms with Gasteiger partial charge in [-0.05, 0) is 34.2 Å². The van der Waals surface area contributed by atoms with Gasteiger partial charge in [0.15, 0.2) is 0 Å². The molecule has 0 saturated heterocycles. The molecule has 0 aliphatic heterocycles. The van der Waals surface area contributed by atoms with Crippen LogP contribution in [-0.4, -0.2) is 5.11 Å². The summed E-state index contributed by atoms with van der Waals surface area (Å²) < 4.78 is 0. The topological polar surface area (TPSA) is 20.2 Å². The van der Waals surface area contributed by atoms with E-state index in [1.54, 1.807) is 0 Å². The van der Waals surface area contributed by atoms with Crippen molar-refractivity contribution in [3.63, 3.8) is 0 Å². The largest absolute Gasteiger partial charge is 0.388 e. The zero-order chi connectivity index (χ0) is 14.8. The van der Waals surface area contributed by atoms with Crippen LogP contribution in [0, 0.1) is 0 Å². The molecular weight excluding hydrogens is 268 g/mol. The zero-order valence-electron chi connectivity index (χ0n) is 12.2. The van der Waals surface area contributed by atoms with Crippen molar-refractivity contribution < 1.29 is 5.11 Å². The molecule has 2 heteroatoms. The van der Waals surface area contributed by atoms with E-state index in [-0.39, 0.29) is 5.41 Å². The summed E-state index contributed by atoms with van der Waals surface area (Å²) in [5.74, 6) is 0. The summed E-state index contributed by atoms with van der Waals surface area (Å²) in [6, 6.07) is 15.8. The van der Waals surface area contributed by atoms with Crippen LogP contribution in [-0.2, 0) is 11.8 Å². The third-order valence-corrected chi connectivity index (χ3v) is 3.71. The summed E-state index contributed by atoms with van der Waals surface area (Å²) in [5.41, 5.74) is 3.40.